The van der Waals surface area contributed by atoms with E-state index < -0.39 is 23.1 Å². The summed E-state index contributed by atoms with van der Waals surface area (Å²) in [7, 11) is 1.26. The van der Waals surface area contributed by atoms with Crippen LogP contribution in [-0.4, -0.2) is 40.2 Å². The van der Waals surface area contributed by atoms with Crippen molar-refractivity contribution >= 4 is 23.4 Å². The predicted molar refractivity (Wildman–Crippen MR) is 114 cm³/mol. The summed E-state index contributed by atoms with van der Waals surface area (Å²) in [6.45, 7) is 8.64. The summed E-state index contributed by atoms with van der Waals surface area (Å²) in [6.07, 6.45) is 1.45. The number of nitrogens with one attached hydrogen (secondary N) is 1. The van der Waals surface area contributed by atoms with Crippen LogP contribution in [0.25, 0.3) is 11.3 Å². The second-order valence-electron chi connectivity index (χ2n) is 8.10. The minimum atomic E-state index is -0.706. The Morgan fingerprint density at radius 1 is 1.23 bits per heavy atom. The van der Waals surface area contributed by atoms with Crippen molar-refractivity contribution < 1.29 is 19.1 Å². The van der Waals surface area contributed by atoms with Gasteiger partial charge in [0.05, 0.1) is 24.6 Å². The summed E-state index contributed by atoms with van der Waals surface area (Å²) in [4.78, 5) is 41.7. The molecule has 0 bridgehead atoms. The molecule has 30 heavy (non-hydrogen) atoms. The van der Waals surface area contributed by atoms with Gasteiger partial charge in [0.25, 0.3) is 5.56 Å². The Labute approximate surface area is 175 Å². The standard InChI is InChI=1S/C21H28N4O5/c1-12(2)24-18-19(27)25(11-17(26)30-21(3,4)5)16(10-23-18)13-7-14(20(28)29-6)9-15(22)8-13/h7-10,12H,11,22H2,1-6H3,(H,23,24). The Morgan fingerprint density at radius 2 is 1.90 bits per heavy atom. The van der Waals surface area contributed by atoms with Gasteiger partial charge in [0.2, 0.25) is 0 Å². The normalized spacial score (nSPS) is 11.3. The van der Waals surface area contributed by atoms with Gasteiger partial charge in [-0.1, -0.05) is 0 Å². The highest BCUT2D eigenvalue weighted by Crippen LogP contribution is 2.24. The molecule has 162 valence electrons. The van der Waals surface area contributed by atoms with E-state index in [0.29, 0.717) is 16.9 Å². The Kier molecular flexibility index (Phi) is 6.86. The lowest BCUT2D eigenvalue weighted by Crippen LogP contribution is -2.33. The summed E-state index contributed by atoms with van der Waals surface area (Å²) in [5.74, 6) is -1.05. The number of hydrogen-bond donors (Lipinski definition) is 2. The number of nitrogens with zero attached hydrogens (tertiary/aromatic N) is 2. The smallest absolute Gasteiger partial charge is 0.337 e. The molecule has 0 aliphatic rings. The third kappa shape index (κ3) is 5.82. The number of aromatic nitrogens is 2. The first-order valence-electron chi connectivity index (χ1n) is 9.48. The Bertz CT molecular complexity index is 1010. The lowest BCUT2D eigenvalue weighted by molar-refractivity contribution is -0.155. The first-order chi connectivity index (χ1) is 13.9. The zero-order valence-corrected chi connectivity index (χ0v) is 18.1. The van der Waals surface area contributed by atoms with E-state index in [1.165, 1.54) is 30.0 Å². The number of hydrogen-bond acceptors (Lipinski definition) is 8. The van der Waals surface area contributed by atoms with Crippen molar-refractivity contribution in [2.75, 3.05) is 18.2 Å². The summed E-state index contributed by atoms with van der Waals surface area (Å²) in [5.41, 5.74) is 6.02. The van der Waals surface area contributed by atoms with E-state index in [0.717, 1.165) is 0 Å². The van der Waals surface area contributed by atoms with Crippen molar-refractivity contribution in [1.82, 2.24) is 9.55 Å². The van der Waals surface area contributed by atoms with Gasteiger partial charge < -0.3 is 20.5 Å². The molecule has 0 aliphatic carbocycles. The van der Waals surface area contributed by atoms with Crippen molar-refractivity contribution in [2.45, 2.75) is 52.8 Å². The van der Waals surface area contributed by atoms with E-state index in [1.54, 1.807) is 26.8 Å². The van der Waals surface area contributed by atoms with Gasteiger partial charge in [0.15, 0.2) is 5.82 Å². The average molecular weight is 416 g/mol. The molecule has 3 N–H and O–H groups in total. The van der Waals surface area contributed by atoms with Crippen LogP contribution >= 0.6 is 0 Å². The summed E-state index contributed by atoms with van der Waals surface area (Å²) in [5, 5.41) is 2.97. The number of benzene rings is 1. The predicted octanol–water partition coefficient (Wildman–Crippen LogP) is 2.44. The van der Waals surface area contributed by atoms with Crippen LogP contribution in [0.3, 0.4) is 0 Å². The molecule has 1 aromatic heterocycles. The van der Waals surface area contributed by atoms with Crippen molar-refractivity contribution in [3.63, 3.8) is 0 Å². The number of nitrogen functional groups attached to an aromatic ring is 1. The van der Waals surface area contributed by atoms with Crippen LogP contribution in [0.15, 0.2) is 29.2 Å². The third-order valence-corrected chi connectivity index (χ3v) is 3.86. The van der Waals surface area contributed by atoms with Crippen LogP contribution < -0.4 is 16.6 Å². The van der Waals surface area contributed by atoms with E-state index in [1.807, 2.05) is 13.8 Å². The van der Waals surface area contributed by atoms with Crippen LogP contribution in [0.2, 0.25) is 0 Å². The first-order valence-corrected chi connectivity index (χ1v) is 9.48. The molecule has 0 saturated heterocycles. The number of carbonyl (C=O) groups is 2. The maximum Gasteiger partial charge on any atom is 0.337 e. The first kappa shape index (κ1) is 22.9. The molecule has 0 unspecified atom stereocenters. The number of esters is 2. The number of ether oxygens (including phenoxy) is 2. The van der Waals surface area contributed by atoms with Gasteiger partial charge >= 0.3 is 11.9 Å². The molecule has 0 spiro atoms. The van der Waals surface area contributed by atoms with Crippen LogP contribution in [0.5, 0.6) is 0 Å². The largest absolute Gasteiger partial charge is 0.465 e. The lowest BCUT2D eigenvalue weighted by Gasteiger charge is -2.21. The van der Waals surface area contributed by atoms with Crippen LogP contribution in [0, 0.1) is 0 Å². The Hall–Kier alpha value is -3.36. The zero-order chi connectivity index (χ0) is 22.6. The molecule has 9 nitrogen and oxygen atoms in total. The molecule has 0 amide bonds. The van der Waals surface area contributed by atoms with Crippen LogP contribution in [0.4, 0.5) is 11.5 Å². The number of anilines is 2. The molecule has 2 aromatic rings. The highest BCUT2D eigenvalue weighted by atomic mass is 16.6. The highest BCUT2D eigenvalue weighted by Gasteiger charge is 2.21. The fourth-order valence-electron chi connectivity index (χ4n) is 2.79. The van der Waals surface area contributed by atoms with E-state index >= 15 is 0 Å². The highest BCUT2D eigenvalue weighted by molar-refractivity contribution is 5.92. The molecule has 0 fully saturated rings. The molecular weight excluding hydrogens is 388 g/mol. The van der Waals surface area contributed by atoms with E-state index in [-0.39, 0.29) is 24.0 Å². The monoisotopic (exact) mass is 416 g/mol. The topological polar surface area (TPSA) is 126 Å². The fraction of sp³-hybridized carbons (Fsp3) is 0.429. The number of nitrogens with two attached hydrogens (primary N) is 1. The molecule has 1 heterocycles. The fourth-order valence-corrected chi connectivity index (χ4v) is 2.79. The SMILES string of the molecule is COC(=O)c1cc(N)cc(-c2cnc(NC(C)C)c(=O)n2CC(=O)OC(C)(C)C)c1. The van der Waals surface area contributed by atoms with E-state index in [2.05, 4.69) is 10.3 Å². The maximum absolute atomic E-state index is 13.1. The molecular formula is C21H28N4O5. The number of methoxy groups -OCH3 is 1. The molecule has 2 rings (SSSR count). The van der Waals surface area contributed by atoms with Crippen molar-refractivity contribution in [2.24, 2.45) is 0 Å². The maximum atomic E-state index is 13.1. The molecule has 0 aliphatic heterocycles. The zero-order valence-electron chi connectivity index (χ0n) is 18.1. The summed E-state index contributed by atoms with van der Waals surface area (Å²) < 4.78 is 11.4. The minimum Gasteiger partial charge on any atom is -0.465 e. The summed E-state index contributed by atoms with van der Waals surface area (Å²) >= 11 is 0. The minimum absolute atomic E-state index is 0.0377. The molecule has 0 saturated carbocycles. The Morgan fingerprint density at radius 3 is 2.47 bits per heavy atom. The van der Waals surface area contributed by atoms with Crippen LogP contribution in [0.1, 0.15) is 45.0 Å². The lowest BCUT2D eigenvalue weighted by atomic mass is 10.1. The van der Waals surface area contributed by atoms with Gasteiger partial charge in [-0.05, 0) is 52.8 Å². The number of carbonyl (C=O) groups excluding carboxylic acids is 2. The second kappa shape index (κ2) is 8.98. The van der Waals surface area contributed by atoms with Gasteiger partial charge in [-0.15, -0.1) is 0 Å². The third-order valence-electron chi connectivity index (χ3n) is 3.86. The van der Waals surface area contributed by atoms with Gasteiger partial charge in [-0.2, -0.15) is 0 Å². The van der Waals surface area contributed by atoms with Crippen LogP contribution in [-0.2, 0) is 20.8 Å². The van der Waals surface area contributed by atoms with Crippen molar-refractivity contribution in [3.8, 4) is 11.3 Å². The average Bonchev–Trinajstić information content (AvgIpc) is 2.62. The molecule has 1 aromatic carbocycles. The number of rotatable bonds is 6. The quantitative estimate of drug-likeness (QED) is 0.543. The Balaban J connectivity index is 2.63. The second-order valence-corrected chi connectivity index (χ2v) is 8.10. The van der Waals surface area contributed by atoms with Gasteiger partial charge in [-0.3, -0.25) is 14.2 Å². The van der Waals surface area contributed by atoms with E-state index in [4.69, 9.17) is 15.2 Å². The van der Waals surface area contributed by atoms with Gasteiger partial charge in [0.1, 0.15) is 12.1 Å². The summed E-state index contributed by atoms with van der Waals surface area (Å²) in [6, 6.07) is 4.54. The van der Waals surface area contributed by atoms with E-state index in [9.17, 15) is 14.4 Å². The van der Waals surface area contributed by atoms with Crippen molar-refractivity contribution in [1.29, 1.82) is 0 Å². The molecule has 0 radical (unpaired) electrons. The van der Waals surface area contributed by atoms with Gasteiger partial charge in [-0.25, -0.2) is 9.78 Å². The van der Waals surface area contributed by atoms with Crippen molar-refractivity contribution in [3.05, 3.63) is 40.3 Å². The molecule has 9 heteroatoms. The van der Waals surface area contributed by atoms with Gasteiger partial charge in [0, 0.05) is 17.3 Å². The molecule has 0 atom stereocenters.